The molecule has 1 saturated heterocycles. The maximum absolute atomic E-state index is 5.59. The number of hydrogen-bond donors (Lipinski definition) is 1. The fraction of sp³-hybridized carbons (Fsp3) is 0.769. The fourth-order valence-electron chi connectivity index (χ4n) is 2.33. The zero-order chi connectivity index (χ0) is 13.0. The lowest BCUT2D eigenvalue weighted by Crippen LogP contribution is -2.45. The predicted molar refractivity (Wildman–Crippen MR) is 72.8 cm³/mol. The Kier molecular flexibility index (Phi) is 4.60. The summed E-state index contributed by atoms with van der Waals surface area (Å²) < 4.78 is 5.59. The molecule has 0 bridgehead atoms. The number of nitrogens with one attached hydrogen (secondary N) is 1. The van der Waals surface area contributed by atoms with E-state index >= 15 is 0 Å². The van der Waals surface area contributed by atoms with E-state index in [1.54, 1.807) is 6.26 Å². The van der Waals surface area contributed by atoms with E-state index in [-0.39, 0.29) is 0 Å². The Balaban J connectivity index is 1.95. The molecule has 2 rings (SSSR count). The number of oxazole rings is 1. The van der Waals surface area contributed by atoms with Crippen LogP contribution in [-0.2, 0) is 6.54 Å². The quantitative estimate of drug-likeness (QED) is 0.856. The molecule has 1 aromatic rings. The molecular weight excluding hydrogens is 228 g/mol. The van der Waals surface area contributed by atoms with Crippen molar-refractivity contribution in [3.8, 4) is 0 Å². The molecule has 0 amide bonds. The molecule has 1 fully saturated rings. The average molecular weight is 252 g/mol. The van der Waals surface area contributed by atoms with Crippen LogP contribution in [0.4, 0.5) is 6.01 Å². The van der Waals surface area contributed by atoms with Gasteiger partial charge in [0.15, 0.2) is 0 Å². The van der Waals surface area contributed by atoms with Gasteiger partial charge in [-0.1, -0.05) is 6.92 Å². The van der Waals surface area contributed by atoms with Crippen molar-refractivity contribution in [2.45, 2.75) is 32.4 Å². The van der Waals surface area contributed by atoms with Crippen LogP contribution in [0.3, 0.4) is 0 Å². The van der Waals surface area contributed by atoms with E-state index in [9.17, 15) is 0 Å². The first kappa shape index (κ1) is 13.4. The minimum atomic E-state index is 0.600. The van der Waals surface area contributed by atoms with E-state index < -0.39 is 0 Å². The van der Waals surface area contributed by atoms with Gasteiger partial charge in [-0.05, 0) is 33.5 Å². The zero-order valence-electron chi connectivity index (χ0n) is 11.6. The monoisotopic (exact) mass is 252 g/mol. The molecule has 102 valence electrons. The lowest BCUT2D eigenvalue weighted by molar-refractivity contribution is 0.253. The SMILES string of the molecule is CCNCc1coc(N2CCCC(N(C)C)C2)n1. The highest BCUT2D eigenvalue weighted by molar-refractivity contribution is 5.28. The summed E-state index contributed by atoms with van der Waals surface area (Å²) in [4.78, 5) is 9.08. The molecule has 0 radical (unpaired) electrons. The minimum absolute atomic E-state index is 0.600. The molecule has 5 heteroatoms. The third kappa shape index (κ3) is 3.23. The molecule has 0 aliphatic carbocycles. The van der Waals surface area contributed by atoms with Gasteiger partial charge in [-0.3, -0.25) is 0 Å². The van der Waals surface area contributed by atoms with Crippen LogP contribution in [0.2, 0.25) is 0 Å². The van der Waals surface area contributed by atoms with Crippen LogP contribution in [0.1, 0.15) is 25.5 Å². The van der Waals surface area contributed by atoms with Crippen molar-refractivity contribution >= 4 is 6.01 Å². The van der Waals surface area contributed by atoms with E-state index in [2.05, 4.69) is 41.1 Å². The summed E-state index contributed by atoms with van der Waals surface area (Å²) in [5, 5.41) is 3.26. The van der Waals surface area contributed by atoms with Gasteiger partial charge in [-0.2, -0.15) is 4.98 Å². The summed E-state index contributed by atoms with van der Waals surface area (Å²) in [6.45, 7) is 5.88. The molecule has 2 heterocycles. The number of aromatic nitrogens is 1. The van der Waals surface area contributed by atoms with Gasteiger partial charge in [0.05, 0.1) is 5.69 Å². The van der Waals surface area contributed by atoms with E-state index in [0.717, 1.165) is 37.9 Å². The molecule has 18 heavy (non-hydrogen) atoms. The normalized spacial score (nSPS) is 20.7. The summed E-state index contributed by atoms with van der Waals surface area (Å²) in [7, 11) is 4.28. The van der Waals surface area contributed by atoms with Crippen LogP contribution >= 0.6 is 0 Å². The summed E-state index contributed by atoms with van der Waals surface area (Å²) in [5.74, 6) is 0. The maximum atomic E-state index is 5.59. The van der Waals surface area contributed by atoms with Crippen LogP contribution in [0.5, 0.6) is 0 Å². The topological polar surface area (TPSA) is 44.5 Å². The second-order valence-electron chi connectivity index (χ2n) is 5.11. The molecule has 1 unspecified atom stereocenters. The molecule has 1 aliphatic heterocycles. The highest BCUT2D eigenvalue weighted by Gasteiger charge is 2.24. The zero-order valence-corrected chi connectivity index (χ0v) is 11.6. The number of hydrogen-bond acceptors (Lipinski definition) is 5. The average Bonchev–Trinajstić information content (AvgIpc) is 2.85. The van der Waals surface area contributed by atoms with Gasteiger partial charge in [0.25, 0.3) is 6.01 Å². The van der Waals surface area contributed by atoms with Crippen molar-refractivity contribution in [1.82, 2.24) is 15.2 Å². The largest absolute Gasteiger partial charge is 0.432 e. The van der Waals surface area contributed by atoms with E-state index in [1.165, 1.54) is 12.8 Å². The Hall–Kier alpha value is -1.07. The Morgan fingerprint density at radius 2 is 2.39 bits per heavy atom. The Morgan fingerprint density at radius 1 is 1.56 bits per heavy atom. The molecule has 1 aromatic heterocycles. The molecule has 1 atom stereocenters. The number of rotatable bonds is 5. The summed E-state index contributed by atoms with van der Waals surface area (Å²) >= 11 is 0. The van der Waals surface area contributed by atoms with E-state index in [4.69, 9.17) is 4.42 Å². The maximum Gasteiger partial charge on any atom is 0.297 e. The lowest BCUT2D eigenvalue weighted by atomic mass is 10.1. The standard InChI is InChI=1S/C13H24N4O/c1-4-14-8-11-10-18-13(15-11)17-7-5-6-12(9-17)16(2)3/h10,12,14H,4-9H2,1-3H3. The van der Waals surface area contributed by atoms with Gasteiger partial charge in [0.1, 0.15) is 6.26 Å². The van der Waals surface area contributed by atoms with Crippen LogP contribution in [0, 0.1) is 0 Å². The molecule has 0 saturated carbocycles. The van der Waals surface area contributed by atoms with Crippen LogP contribution < -0.4 is 10.2 Å². The Labute approximate surface area is 109 Å². The third-order valence-corrected chi connectivity index (χ3v) is 3.49. The second-order valence-corrected chi connectivity index (χ2v) is 5.11. The summed E-state index contributed by atoms with van der Waals surface area (Å²) in [6, 6.07) is 1.37. The van der Waals surface area contributed by atoms with Crippen molar-refractivity contribution < 1.29 is 4.42 Å². The van der Waals surface area contributed by atoms with Gasteiger partial charge >= 0.3 is 0 Å². The summed E-state index contributed by atoms with van der Waals surface area (Å²) in [5.41, 5.74) is 0.985. The molecule has 0 spiro atoms. The molecule has 0 aromatic carbocycles. The van der Waals surface area contributed by atoms with Gasteiger partial charge in [0, 0.05) is 25.7 Å². The van der Waals surface area contributed by atoms with Gasteiger partial charge < -0.3 is 19.5 Å². The van der Waals surface area contributed by atoms with Crippen molar-refractivity contribution in [3.05, 3.63) is 12.0 Å². The first-order valence-electron chi connectivity index (χ1n) is 6.77. The van der Waals surface area contributed by atoms with Crippen LogP contribution in [0.15, 0.2) is 10.7 Å². The number of anilines is 1. The lowest BCUT2D eigenvalue weighted by Gasteiger charge is -2.35. The van der Waals surface area contributed by atoms with E-state index in [1.807, 2.05) is 0 Å². The van der Waals surface area contributed by atoms with Crippen molar-refractivity contribution in [1.29, 1.82) is 0 Å². The highest BCUT2D eigenvalue weighted by atomic mass is 16.4. The molecule has 1 N–H and O–H groups in total. The Bertz CT molecular complexity index is 364. The second kappa shape index (κ2) is 6.20. The third-order valence-electron chi connectivity index (χ3n) is 3.49. The molecule has 1 aliphatic rings. The minimum Gasteiger partial charge on any atom is -0.432 e. The Morgan fingerprint density at radius 3 is 3.11 bits per heavy atom. The first-order chi connectivity index (χ1) is 8.70. The number of nitrogens with zero attached hydrogens (tertiary/aromatic N) is 3. The van der Waals surface area contributed by atoms with E-state index in [0.29, 0.717) is 6.04 Å². The van der Waals surface area contributed by atoms with Crippen molar-refractivity contribution in [2.24, 2.45) is 0 Å². The van der Waals surface area contributed by atoms with Crippen LogP contribution in [0.25, 0.3) is 0 Å². The van der Waals surface area contributed by atoms with Gasteiger partial charge in [-0.25, -0.2) is 0 Å². The highest BCUT2D eigenvalue weighted by Crippen LogP contribution is 2.21. The first-order valence-corrected chi connectivity index (χ1v) is 6.77. The predicted octanol–water partition coefficient (Wildman–Crippen LogP) is 1.31. The molecular formula is C13H24N4O. The molecule has 5 nitrogen and oxygen atoms in total. The van der Waals surface area contributed by atoms with Gasteiger partial charge in [-0.15, -0.1) is 0 Å². The van der Waals surface area contributed by atoms with Gasteiger partial charge in [0.2, 0.25) is 0 Å². The summed E-state index contributed by atoms with van der Waals surface area (Å²) in [6.07, 6.45) is 4.22. The number of piperidine rings is 1. The van der Waals surface area contributed by atoms with Crippen LogP contribution in [-0.4, -0.2) is 49.7 Å². The fourth-order valence-corrected chi connectivity index (χ4v) is 2.33. The van der Waals surface area contributed by atoms with Crippen molar-refractivity contribution in [3.63, 3.8) is 0 Å². The van der Waals surface area contributed by atoms with Crippen molar-refractivity contribution in [2.75, 3.05) is 38.6 Å². The number of likely N-dealkylation sites (N-methyl/N-ethyl adjacent to an activating group) is 1. The smallest absolute Gasteiger partial charge is 0.297 e.